The second kappa shape index (κ2) is 22.6. The predicted molar refractivity (Wildman–Crippen MR) is 339 cm³/mol. The molecule has 0 spiro atoms. The quantitative estimate of drug-likeness (QED) is 0.107. The number of hydrogen-bond donors (Lipinski definition) is 0. The Kier molecular flexibility index (Phi) is 13.8. The molecule has 13 aromatic carbocycles. The molecule has 0 atom stereocenters. The minimum Gasteiger partial charge on any atom is -0.311 e. The van der Waals surface area contributed by atoms with Crippen LogP contribution < -0.4 is 9.80 Å². The Morgan fingerprint density at radius 3 is 0.450 bits per heavy atom. The van der Waals surface area contributed by atoms with E-state index in [0.717, 1.165) is 50.8 Å². The average molecular weight is 1020 g/mol. The van der Waals surface area contributed by atoms with E-state index in [1.807, 2.05) is 0 Å². The Morgan fingerprint density at radius 1 is 0.113 bits per heavy atom. The van der Waals surface area contributed by atoms with Gasteiger partial charge in [-0.15, -0.1) is 0 Å². The third-order valence-corrected chi connectivity index (χ3v) is 15.1. The van der Waals surface area contributed by atoms with E-state index in [1.54, 1.807) is 0 Å². The molecular weight excluding hydrogens is 965 g/mol. The van der Waals surface area contributed by atoms with Crippen molar-refractivity contribution >= 4 is 34.1 Å². The molecule has 0 N–H and O–H groups in total. The number of hydrogen-bond acceptors (Lipinski definition) is 2. The van der Waals surface area contributed by atoms with Crippen molar-refractivity contribution in [3.05, 3.63) is 340 Å². The van der Waals surface area contributed by atoms with Crippen LogP contribution in [0.3, 0.4) is 0 Å². The molecule has 13 aromatic rings. The van der Waals surface area contributed by atoms with Gasteiger partial charge < -0.3 is 9.80 Å². The van der Waals surface area contributed by atoms with Crippen molar-refractivity contribution in [3.8, 4) is 89.0 Å². The van der Waals surface area contributed by atoms with Gasteiger partial charge in [-0.3, -0.25) is 0 Å². The maximum atomic E-state index is 2.35. The first-order chi connectivity index (χ1) is 39.6. The van der Waals surface area contributed by atoms with Crippen molar-refractivity contribution in [2.75, 3.05) is 9.80 Å². The normalized spacial score (nSPS) is 11.0. The van der Waals surface area contributed by atoms with Crippen molar-refractivity contribution in [1.29, 1.82) is 0 Å². The van der Waals surface area contributed by atoms with Gasteiger partial charge in [-0.05, 0) is 174 Å². The van der Waals surface area contributed by atoms with Gasteiger partial charge in [0.25, 0.3) is 0 Å². The van der Waals surface area contributed by atoms with E-state index in [9.17, 15) is 0 Å². The van der Waals surface area contributed by atoms with Gasteiger partial charge in [0.05, 0.1) is 0 Å². The van der Waals surface area contributed by atoms with Crippen LogP contribution in [-0.4, -0.2) is 0 Å². The summed E-state index contributed by atoms with van der Waals surface area (Å²) in [5.41, 5.74) is 25.5. The Bertz CT molecular complexity index is 3910. The monoisotopic (exact) mass is 1020 g/mol. The van der Waals surface area contributed by atoms with Crippen LogP contribution in [-0.2, 0) is 0 Å². The molecule has 0 aliphatic rings. The number of benzene rings is 13. The zero-order valence-electron chi connectivity index (χ0n) is 44.2. The molecule has 0 fully saturated rings. The zero-order valence-corrected chi connectivity index (χ0v) is 44.2. The summed E-state index contributed by atoms with van der Waals surface area (Å²) in [6.45, 7) is 0. The van der Waals surface area contributed by atoms with Crippen molar-refractivity contribution in [2.45, 2.75) is 0 Å². The smallest absolute Gasteiger partial charge is 0.0462 e. The van der Waals surface area contributed by atoms with E-state index in [1.165, 1.54) is 72.3 Å². The van der Waals surface area contributed by atoms with E-state index in [2.05, 4.69) is 350 Å². The van der Waals surface area contributed by atoms with E-state index in [4.69, 9.17) is 0 Å². The highest BCUT2D eigenvalue weighted by atomic mass is 15.1. The summed E-state index contributed by atoms with van der Waals surface area (Å²) in [6.07, 6.45) is 0. The lowest BCUT2D eigenvalue weighted by Gasteiger charge is -2.26. The summed E-state index contributed by atoms with van der Waals surface area (Å²) in [6, 6.07) is 122. The molecule has 378 valence electrons. The molecule has 2 heteroatoms. The standard InChI is InChI=1S/C78H56N2/c1-5-15-57(16-6-1)63-31-43-73(44-32-63)79(74-45-33-64(34-46-74)58-17-7-2-8-18-58)75-47-35-65(36-48-75)61-27-29-62(30-28-61)66-37-49-76(50-38-66)80(77-51-39-67(40-52-77)71-25-13-23-69(55-71)59-19-9-3-10-20-59)78-53-41-68(42-54-78)72-26-14-24-70(56-72)60-21-11-4-12-22-60/h1-56H. The summed E-state index contributed by atoms with van der Waals surface area (Å²) in [5.74, 6) is 0. The fourth-order valence-electron chi connectivity index (χ4n) is 10.8. The molecule has 0 saturated carbocycles. The summed E-state index contributed by atoms with van der Waals surface area (Å²) in [4.78, 5) is 4.69. The topological polar surface area (TPSA) is 6.48 Å². The molecule has 0 amide bonds. The molecule has 0 aromatic heterocycles. The van der Waals surface area contributed by atoms with Crippen molar-refractivity contribution in [2.24, 2.45) is 0 Å². The molecule has 0 radical (unpaired) electrons. The fraction of sp³-hybridized carbons (Fsp3) is 0. The van der Waals surface area contributed by atoms with Crippen LogP contribution in [0.4, 0.5) is 34.1 Å². The highest BCUT2D eigenvalue weighted by molar-refractivity contribution is 5.85. The van der Waals surface area contributed by atoms with Crippen LogP contribution in [0.15, 0.2) is 340 Å². The summed E-state index contributed by atoms with van der Waals surface area (Å²) < 4.78 is 0. The Labute approximate surface area is 470 Å². The molecular formula is C78H56N2. The molecule has 0 saturated heterocycles. The van der Waals surface area contributed by atoms with Gasteiger partial charge in [0.2, 0.25) is 0 Å². The van der Waals surface area contributed by atoms with Crippen LogP contribution >= 0.6 is 0 Å². The summed E-state index contributed by atoms with van der Waals surface area (Å²) >= 11 is 0. The molecule has 13 rings (SSSR count). The predicted octanol–water partition coefficient (Wildman–Crippen LogP) is 22.0. The van der Waals surface area contributed by atoms with Crippen molar-refractivity contribution in [3.63, 3.8) is 0 Å². The molecule has 2 nitrogen and oxygen atoms in total. The first-order valence-electron chi connectivity index (χ1n) is 27.4. The lowest BCUT2D eigenvalue weighted by Crippen LogP contribution is -2.09. The third kappa shape index (κ3) is 10.6. The van der Waals surface area contributed by atoms with Crippen LogP contribution in [0.25, 0.3) is 89.0 Å². The summed E-state index contributed by atoms with van der Waals surface area (Å²) in [5, 5.41) is 0. The number of rotatable bonds is 14. The van der Waals surface area contributed by atoms with Gasteiger partial charge in [-0.25, -0.2) is 0 Å². The van der Waals surface area contributed by atoms with Crippen LogP contribution in [0.1, 0.15) is 0 Å². The molecule has 0 heterocycles. The number of nitrogens with zero attached hydrogens (tertiary/aromatic N) is 2. The lowest BCUT2D eigenvalue weighted by molar-refractivity contribution is 1.28. The summed E-state index contributed by atoms with van der Waals surface area (Å²) in [7, 11) is 0. The lowest BCUT2D eigenvalue weighted by atomic mass is 9.98. The largest absolute Gasteiger partial charge is 0.311 e. The molecule has 0 unspecified atom stereocenters. The highest BCUT2D eigenvalue weighted by Gasteiger charge is 2.17. The molecule has 0 aliphatic carbocycles. The zero-order chi connectivity index (χ0) is 53.5. The Morgan fingerprint density at radius 2 is 0.250 bits per heavy atom. The van der Waals surface area contributed by atoms with Gasteiger partial charge in [0, 0.05) is 34.1 Å². The molecule has 0 bridgehead atoms. The minimum absolute atomic E-state index is 1.08. The van der Waals surface area contributed by atoms with Crippen molar-refractivity contribution in [1.82, 2.24) is 0 Å². The Balaban J connectivity index is 0.772. The van der Waals surface area contributed by atoms with Gasteiger partial charge >= 0.3 is 0 Å². The second-order valence-corrected chi connectivity index (χ2v) is 20.2. The molecule has 0 aliphatic heterocycles. The second-order valence-electron chi connectivity index (χ2n) is 20.2. The SMILES string of the molecule is c1ccc(-c2ccc(N(c3ccc(-c4ccccc4)cc3)c3ccc(-c4ccc(-c5ccc(N(c6ccc(-c7cccc(-c8ccccc8)c7)cc6)c6ccc(-c7cccc(-c8ccccc8)c7)cc6)cc5)cc4)cc3)cc2)cc1. The van der Waals surface area contributed by atoms with E-state index >= 15 is 0 Å². The van der Waals surface area contributed by atoms with Gasteiger partial charge in [-0.1, -0.05) is 255 Å². The van der Waals surface area contributed by atoms with Gasteiger partial charge in [-0.2, -0.15) is 0 Å². The average Bonchev–Trinajstić information content (AvgIpc) is 3.56. The third-order valence-electron chi connectivity index (χ3n) is 15.1. The van der Waals surface area contributed by atoms with Crippen LogP contribution in [0.5, 0.6) is 0 Å². The maximum absolute atomic E-state index is 2.35. The van der Waals surface area contributed by atoms with E-state index in [0.29, 0.717) is 0 Å². The number of anilines is 6. The van der Waals surface area contributed by atoms with Gasteiger partial charge in [0.1, 0.15) is 0 Å². The maximum Gasteiger partial charge on any atom is 0.0462 e. The first-order valence-corrected chi connectivity index (χ1v) is 27.4. The van der Waals surface area contributed by atoms with E-state index < -0.39 is 0 Å². The fourth-order valence-corrected chi connectivity index (χ4v) is 10.8. The van der Waals surface area contributed by atoms with Gasteiger partial charge in [0.15, 0.2) is 0 Å². The Hall–Kier alpha value is -10.5. The van der Waals surface area contributed by atoms with Crippen LogP contribution in [0, 0.1) is 0 Å². The van der Waals surface area contributed by atoms with Crippen LogP contribution in [0.2, 0.25) is 0 Å². The highest BCUT2D eigenvalue weighted by Crippen LogP contribution is 2.41. The molecule has 80 heavy (non-hydrogen) atoms. The first kappa shape index (κ1) is 49.1. The van der Waals surface area contributed by atoms with Crippen molar-refractivity contribution < 1.29 is 0 Å². The van der Waals surface area contributed by atoms with E-state index in [-0.39, 0.29) is 0 Å². The minimum atomic E-state index is 1.08.